The second-order valence-electron chi connectivity index (χ2n) is 3.36. The van der Waals surface area contributed by atoms with Crippen molar-refractivity contribution in [2.75, 3.05) is 11.8 Å². The predicted octanol–water partition coefficient (Wildman–Crippen LogP) is 3.21. The van der Waals surface area contributed by atoms with Crippen molar-refractivity contribution in [3.63, 3.8) is 0 Å². The lowest BCUT2D eigenvalue weighted by molar-refractivity contribution is 0.417. The van der Waals surface area contributed by atoms with Gasteiger partial charge in [0.2, 0.25) is 0 Å². The molecule has 0 amide bonds. The Morgan fingerprint density at radius 1 is 1.22 bits per heavy atom. The summed E-state index contributed by atoms with van der Waals surface area (Å²) in [5.41, 5.74) is 0.393. The normalized spacial score (nSPS) is 11.2. The molecule has 0 radical (unpaired) electrons. The van der Waals surface area contributed by atoms with Crippen LogP contribution in [-0.4, -0.2) is 15.5 Å². The van der Waals surface area contributed by atoms with Crippen LogP contribution in [0.25, 0.3) is 0 Å². The highest BCUT2D eigenvalue weighted by Crippen LogP contribution is 2.30. The summed E-state index contributed by atoms with van der Waals surface area (Å²) in [4.78, 5) is 0. The van der Waals surface area contributed by atoms with Gasteiger partial charge >= 0.3 is 0 Å². The lowest BCUT2D eigenvalue weighted by atomic mass is 10.3. The average molecular weight is 304 g/mol. The standard InChI is InChI=1S/C11H10ClNO3S2/c1-16-9-5-3-2-4-8(9)13-18(14,15)11-7-6-10(12)17-11/h2-7,13H,1H3. The van der Waals surface area contributed by atoms with Gasteiger partial charge < -0.3 is 4.74 Å². The van der Waals surface area contributed by atoms with Gasteiger partial charge in [0.25, 0.3) is 10.0 Å². The molecule has 1 aromatic heterocycles. The van der Waals surface area contributed by atoms with E-state index < -0.39 is 10.0 Å². The van der Waals surface area contributed by atoms with Crippen molar-refractivity contribution in [2.45, 2.75) is 4.21 Å². The largest absolute Gasteiger partial charge is 0.495 e. The predicted molar refractivity (Wildman–Crippen MR) is 73.1 cm³/mol. The highest BCUT2D eigenvalue weighted by atomic mass is 35.5. The number of hydrogen-bond donors (Lipinski definition) is 1. The number of benzene rings is 1. The minimum absolute atomic E-state index is 0.165. The van der Waals surface area contributed by atoms with E-state index in [1.807, 2.05) is 0 Å². The Kier molecular flexibility index (Phi) is 3.79. The summed E-state index contributed by atoms with van der Waals surface area (Å²) in [5.74, 6) is 0.462. The van der Waals surface area contributed by atoms with Crippen LogP contribution in [0.2, 0.25) is 4.34 Å². The van der Waals surface area contributed by atoms with Gasteiger partial charge in [-0.05, 0) is 24.3 Å². The van der Waals surface area contributed by atoms with E-state index in [0.29, 0.717) is 15.8 Å². The van der Waals surface area contributed by atoms with Gasteiger partial charge in [0, 0.05) is 0 Å². The Balaban J connectivity index is 2.33. The number of para-hydroxylation sites is 2. The van der Waals surface area contributed by atoms with Gasteiger partial charge in [0.05, 0.1) is 17.1 Å². The van der Waals surface area contributed by atoms with Crippen LogP contribution in [0.3, 0.4) is 0 Å². The fraction of sp³-hybridized carbons (Fsp3) is 0.0909. The number of anilines is 1. The topological polar surface area (TPSA) is 55.4 Å². The molecule has 4 nitrogen and oxygen atoms in total. The lowest BCUT2D eigenvalue weighted by Gasteiger charge is -2.10. The molecule has 2 aromatic rings. The van der Waals surface area contributed by atoms with Gasteiger partial charge in [-0.3, -0.25) is 4.72 Å². The lowest BCUT2D eigenvalue weighted by Crippen LogP contribution is -2.12. The molecule has 1 aromatic carbocycles. The van der Waals surface area contributed by atoms with Crippen molar-refractivity contribution in [1.29, 1.82) is 0 Å². The summed E-state index contributed by atoms with van der Waals surface area (Å²) in [6, 6.07) is 9.80. The molecule has 7 heteroatoms. The number of hydrogen-bond acceptors (Lipinski definition) is 4. The minimum atomic E-state index is -3.62. The average Bonchev–Trinajstić information content (AvgIpc) is 2.77. The van der Waals surface area contributed by atoms with Crippen molar-refractivity contribution in [1.82, 2.24) is 0 Å². The van der Waals surface area contributed by atoms with Crippen LogP contribution in [0.15, 0.2) is 40.6 Å². The van der Waals surface area contributed by atoms with E-state index >= 15 is 0 Å². The van der Waals surface area contributed by atoms with Crippen LogP contribution in [-0.2, 0) is 10.0 Å². The number of thiophene rings is 1. The maximum Gasteiger partial charge on any atom is 0.271 e. The SMILES string of the molecule is COc1ccccc1NS(=O)(=O)c1ccc(Cl)s1. The summed E-state index contributed by atoms with van der Waals surface area (Å²) >= 11 is 6.73. The first-order chi connectivity index (χ1) is 8.53. The van der Waals surface area contributed by atoms with Gasteiger partial charge in [-0.15, -0.1) is 11.3 Å². The molecule has 0 aliphatic heterocycles. The van der Waals surface area contributed by atoms with E-state index in [9.17, 15) is 8.42 Å². The second kappa shape index (κ2) is 5.17. The fourth-order valence-electron chi connectivity index (χ4n) is 1.37. The van der Waals surface area contributed by atoms with Crippen molar-refractivity contribution in [2.24, 2.45) is 0 Å². The summed E-state index contributed by atoms with van der Waals surface area (Å²) in [6.07, 6.45) is 0. The molecule has 18 heavy (non-hydrogen) atoms. The highest BCUT2D eigenvalue weighted by Gasteiger charge is 2.18. The van der Waals surface area contributed by atoms with E-state index in [1.54, 1.807) is 30.3 Å². The molecule has 1 N–H and O–H groups in total. The highest BCUT2D eigenvalue weighted by molar-refractivity contribution is 7.94. The quantitative estimate of drug-likeness (QED) is 0.943. The summed E-state index contributed by atoms with van der Waals surface area (Å²) < 4.78 is 32.3. The fourth-order valence-corrected chi connectivity index (χ4v) is 3.92. The van der Waals surface area contributed by atoms with Crippen LogP contribution in [0.4, 0.5) is 5.69 Å². The first kappa shape index (κ1) is 13.2. The molecule has 0 spiro atoms. The van der Waals surface area contributed by atoms with Crippen molar-refractivity contribution >= 4 is 38.6 Å². The molecule has 0 aliphatic rings. The first-order valence-electron chi connectivity index (χ1n) is 4.94. The summed E-state index contributed by atoms with van der Waals surface area (Å²) in [5, 5.41) is 0. The molecule has 96 valence electrons. The number of methoxy groups -OCH3 is 1. The van der Waals surface area contributed by atoms with Crippen molar-refractivity contribution < 1.29 is 13.2 Å². The molecular weight excluding hydrogens is 294 g/mol. The summed E-state index contributed by atoms with van der Waals surface area (Å²) in [7, 11) is -2.14. The van der Waals surface area contributed by atoms with Crippen LogP contribution < -0.4 is 9.46 Å². The Labute approximate surface area is 114 Å². The minimum Gasteiger partial charge on any atom is -0.495 e. The van der Waals surface area contributed by atoms with Crippen molar-refractivity contribution in [3.05, 3.63) is 40.7 Å². The number of rotatable bonds is 4. The van der Waals surface area contributed by atoms with Gasteiger partial charge in [-0.1, -0.05) is 23.7 Å². The molecular formula is C11H10ClNO3S2. The second-order valence-corrected chi connectivity index (χ2v) is 6.99. The molecule has 0 fully saturated rings. The first-order valence-corrected chi connectivity index (χ1v) is 7.62. The zero-order chi connectivity index (χ0) is 13.2. The maximum absolute atomic E-state index is 12.1. The third-order valence-electron chi connectivity index (χ3n) is 2.16. The van der Waals surface area contributed by atoms with Gasteiger partial charge in [0.15, 0.2) is 0 Å². The molecule has 0 aliphatic carbocycles. The maximum atomic E-state index is 12.1. The molecule has 0 bridgehead atoms. The Hall–Kier alpha value is -1.24. The smallest absolute Gasteiger partial charge is 0.271 e. The number of ether oxygens (including phenoxy) is 1. The van der Waals surface area contributed by atoms with Crippen LogP contribution in [0.5, 0.6) is 5.75 Å². The van der Waals surface area contributed by atoms with Gasteiger partial charge in [-0.25, -0.2) is 8.42 Å². The Morgan fingerprint density at radius 2 is 1.94 bits per heavy atom. The number of sulfonamides is 1. The van der Waals surface area contributed by atoms with E-state index in [1.165, 1.54) is 13.2 Å². The molecule has 2 rings (SSSR count). The molecule has 1 heterocycles. The number of halogens is 1. The van der Waals surface area contributed by atoms with Gasteiger partial charge in [0.1, 0.15) is 9.96 Å². The number of nitrogens with one attached hydrogen (secondary N) is 1. The van der Waals surface area contributed by atoms with E-state index in [2.05, 4.69) is 4.72 Å². The summed E-state index contributed by atoms with van der Waals surface area (Å²) in [6.45, 7) is 0. The monoisotopic (exact) mass is 303 g/mol. The Morgan fingerprint density at radius 3 is 2.56 bits per heavy atom. The molecule has 0 unspecified atom stereocenters. The molecule has 0 saturated carbocycles. The van der Waals surface area contributed by atoms with E-state index in [-0.39, 0.29) is 4.21 Å². The van der Waals surface area contributed by atoms with Gasteiger partial charge in [-0.2, -0.15) is 0 Å². The van der Waals surface area contributed by atoms with Crippen LogP contribution in [0, 0.1) is 0 Å². The van der Waals surface area contributed by atoms with Crippen molar-refractivity contribution in [3.8, 4) is 5.75 Å². The van der Waals surface area contributed by atoms with E-state index in [0.717, 1.165) is 11.3 Å². The molecule has 0 saturated heterocycles. The van der Waals surface area contributed by atoms with E-state index in [4.69, 9.17) is 16.3 Å². The zero-order valence-corrected chi connectivity index (χ0v) is 11.8. The van der Waals surface area contributed by atoms with Crippen LogP contribution in [0.1, 0.15) is 0 Å². The Bertz CT molecular complexity index is 652. The van der Waals surface area contributed by atoms with Crippen LogP contribution >= 0.6 is 22.9 Å². The zero-order valence-electron chi connectivity index (χ0n) is 9.38. The third-order valence-corrected chi connectivity index (χ3v) is 5.25. The third kappa shape index (κ3) is 2.77. The molecule has 0 atom stereocenters.